The van der Waals surface area contributed by atoms with Gasteiger partial charge < -0.3 is 15.3 Å². The van der Waals surface area contributed by atoms with Crippen molar-refractivity contribution in [2.45, 2.75) is 37.5 Å². The summed E-state index contributed by atoms with van der Waals surface area (Å²) >= 11 is 0. The predicted octanol–water partition coefficient (Wildman–Crippen LogP) is 0.902. The van der Waals surface area contributed by atoms with Gasteiger partial charge in [0.1, 0.15) is 0 Å². The van der Waals surface area contributed by atoms with E-state index in [1.165, 1.54) is 0 Å². The van der Waals surface area contributed by atoms with Gasteiger partial charge in [-0.3, -0.25) is 4.79 Å². The lowest BCUT2D eigenvalue weighted by Gasteiger charge is -2.36. The Balaban J connectivity index is 2.25. The molecule has 1 fully saturated rings. The number of hydrogen-bond donors (Lipinski definition) is 2. The second-order valence-electron chi connectivity index (χ2n) is 4.92. The molecule has 0 aliphatic carbocycles. The van der Waals surface area contributed by atoms with Gasteiger partial charge in [-0.15, -0.1) is 0 Å². The molecule has 0 spiro atoms. The Hall–Kier alpha value is -0.820. The van der Waals surface area contributed by atoms with E-state index in [-0.39, 0.29) is 6.54 Å². The van der Waals surface area contributed by atoms with Crippen LogP contribution >= 0.6 is 0 Å². The topological polar surface area (TPSA) is 52.6 Å². The molecule has 106 valence electrons. The molecule has 1 aliphatic rings. The second-order valence-corrected chi connectivity index (χ2v) is 4.92. The summed E-state index contributed by atoms with van der Waals surface area (Å²) < 4.78 is 35.7. The summed E-state index contributed by atoms with van der Waals surface area (Å²) in [6, 6.07) is 0. The summed E-state index contributed by atoms with van der Waals surface area (Å²) in [6.45, 7) is 1.46. The molecule has 18 heavy (non-hydrogen) atoms. The molecular weight excluding hydrogens is 249 g/mol. The normalized spacial score (nSPS) is 20.7. The van der Waals surface area contributed by atoms with Crippen molar-refractivity contribution in [1.82, 2.24) is 10.2 Å². The number of aliphatic hydroxyl groups is 1. The van der Waals surface area contributed by atoms with E-state index in [0.29, 0.717) is 12.8 Å². The first-order chi connectivity index (χ1) is 8.20. The summed E-state index contributed by atoms with van der Waals surface area (Å²) in [7, 11) is 1.93. The van der Waals surface area contributed by atoms with Crippen molar-refractivity contribution in [2.24, 2.45) is 0 Å². The Morgan fingerprint density at radius 2 is 1.94 bits per heavy atom. The number of carbonyl (C=O) groups is 1. The lowest BCUT2D eigenvalue weighted by molar-refractivity contribution is -0.144. The summed E-state index contributed by atoms with van der Waals surface area (Å²) in [5.74, 6) is -0.667. The van der Waals surface area contributed by atoms with Crippen LogP contribution in [0.25, 0.3) is 0 Å². The van der Waals surface area contributed by atoms with Gasteiger partial charge in [-0.25, -0.2) is 0 Å². The molecule has 0 bridgehead atoms. The van der Waals surface area contributed by atoms with Gasteiger partial charge in [0, 0.05) is 26.1 Å². The molecule has 1 heterocycles. The fraction of sp³-hybridized carbons (Fsp3) is 0.909. The SMILES string of the molecule is CN1CCC(O)(CNC(=O)CCC(F)(F)F)CC1. The van der Waals surface area contributed by atoms with Gasteiger partial charge in [-0.1, -0.05) is 0 Å². The molecule has 0 saturated carbocycles. The number of carbonyl (C=O) groups excluding carboxylic acids is 1. The molecule has 1 amide bonds. The van der Waals surface area contributed by atoms with E-state index in [2.05, 4.69) is 10.2 Å². The van der Waals surface area contributed by atoms with E-state index in [0.717, 1.165) is 13.1 Å². The highest BCUT2D eigenvalue weighted by atomic mass is 19.4. The Bertz CT molecular complexity index is 287. The second kappa shape index (κ2) is 5.88. The molecule has 1 aliphatic heterocycles. The monoisotopic (exact) mass is 268 g/mol. The van der Waals surface area contributed by atoms with Crippen molar-refractivity contribution in [3.8, 4) is 0 Å². The quantitative estimate of drug-likeness (QED) is 0.796. The van der Waals surface area contributed by atoms with E-state index in [1.54, 1.807) is 0 Å². The fourth-order valence-corrected chi connectivity index (χ4v) is 1.82. The van der Waals surface area contributed by atoms with Crippen molar-refractivity contribution in [3.63, 3.8) is 0 Å². The number of nitrogens with one attached hydrogen (secondary N) is 1. The molecule has 1 saturated heterocycles. The zero-order chi connectivity index (χ0) is 13.8. The standard InChI is InChI=1S/C11H19F3N2O2/c1-16-6-4-10(18,5-7-16)8-15-9(17)2-3-11(12,13)14/h18H,2-8H2,1H3,(H,15,17). The highest BCUT2D eigenvalue weighted by Gasteiger charge is 2.32. The van der Waals surface area contributed by atoms with Gasteiger partial charge in [0.25, 0.3) is 0 Å². The van der Waals surface area contributed by atoms with Gasteiger partial charge in [-0.2, -0.15) is 13.2 Å². The molecule has 0 radical (unpaired) electrons. The van der Waals surface area contributed by atoms with E-state index in [9.17, 15) is 23.1 Å². The Morgan fingerprint density at radius 1 is 1.39 bits per heavy atom. The highest BCUT2D eigenvalue weighted by Crippen LogP contribution is 2.22. The molecule has 4 nitrogen and oxygen atoms in total. The molecule has 0 aromatic carbocycles. The number of amides is 1. The average Bonchev–Trinajstić information content (AvgIpc) is 2.27. The number of hydrogen-bond acceptors (Lipinski definition) is 3. The maximum Gasteiger partial charge on any atom is 0.389 e. The van der Waals surface area contributed by atoms with Gasteiger partial charge in [-0.05, 0) is 19.9 Å². The van der Waals surface area contributed by atoms with Crippen LogP contribution in [0.1, 0.15) is 25.7 Å². The maximum absolute atomic E-state index is 11.9. The highest BCUT2D eigenvalue weighted by molar-refractivity contribution is 5.75. The molecule has 0 unspecified atom stereocenters. The molecule has 2 N–H and O–H groups in total. The van der Waals surface area contributed by atoms with Gasteiger partial charge in [0.15, 0.2) is 0 Å². The first kappa shape index (κ1) is 15.2. The minimum absolute atomic E-state index is 0.0253. The predicted molar refractivity (Wildman–Crippen MR) is 60.0 cm³/mol. The van der Waals surface area contributed by atoms with Gasteiger partial charge in [0.05, 0.1) is 12.0 Å². The molecular formula is C11H19F3N2O2. The zero-order valence-corrected chi connectivity index (χ0v) is 10.4. The Labute approximate surface area is 104 Å². The van der Waals surface area contributed by atoms with Crippen LogP contribution in [0.15, 0.2) is 0 Å². The smallest absolute Gasteiger partial charge is 0.388 e. The van der Waals surface area contributed by atoms with Crippen LogP contribution in [-0.4, -0.2) is 54.4 Å². The van der Waals surface area contributed by atoms with Crippen molar-refractivity contribution < 1.29 is 23.1 Å². The average molecular weight is 268 g/mol. The van der Waals surface area contributed by atoms with Gasteiger partial charge >= 0.3 is 6.18 Å². The number of rotatable bonds is 4. The first-order valence-corrected chi connectivity index (χ1v) is 5.95. The maximum atomic E-state index is 11.9. The Morgan fingerprint density at radius 3 is 2.44 bits per heavy atom. The van der Waals surface area contributed by atoms with Crippen LogP contribution in [0.2, 0.25) is 0 Å². The third kappa shape index (κ3) is 5.68. The molecule has 1 rings (SSSR count). The minimum Gasteiger partial charge on any atom is -0.388 e. The van der Waals surface area contributed by atoms with Crippen LogP contribution < -0.4 is 5.32 Å². The number of piperidine rings is 1. The van der Waals surface area contributed by atoms with Crippen molar-refractivity contribution in [1.29, 1.82) is 0 Å². The Kier molecular flexibility index (Phi) is 4.98. The van der Waals surface area contributed by atoms with Crippen molar-refractivity contribution in [2.75, 3.05) is 26.7 Å². The van der Waals surface area contributed by atoms with E-state index >= 15 is 0 Å². The number of nitrogens with zero attached hydrogens (tertiary/aromatic N) is 1. The largest absolute Gasteiger partial charge is 0.389 e. The van der Waals surface area contributed by atoms with E-state index in [4.69, 9.17) is 0 Å². The summed E-state index contributed by atoms with van der Waals surface area (Å²) in [6.07, 6.45) is -4.99. The third-order valence-electron chi connectivity index (χ3n) is 3.17. The molecule has 0 atom stereocenters. The van der Waals surface area contributed by atoms with E-state index < -0.39 is 30.5 Å². The third-order valence-corrected chi connectivity index (χ3v) is 3.17. The number of halogens is 3. The fourth-order valence-electron chi connectivity index (χ4n) is 1.82. The summed E-state index contributed by atoms with van der Waals surface area (Å²) in [5, 5.41) is 12.5. The van der Waals surface area contributed by atoms with E-state index in [1.807, 2.05) is 7.05 Å². The first-order valence-electron chi connectivity index (χ1n) is 5.95. The van der Waals surface area contributed by atoms with Crippen LogP contribution in [0.3, 0.4) is 0 Å². The lowest BCUT2D eigenvalue weighted by atomic mass is 9.91. The zero-order valence-electron chi connectivity index (χ0n) is 10.4. The van der Waals surface area contributed by atoms with Crippen LogP contribution in [-0.2, 0) is 4.79 Å². The minimum atomic E-state index is -4.32. The lowest BCUT2D eigenvalue weighted by Crippen LogP contribution is -2.50. The number of alkyl halides is 3. The molecule has 0 aromatic heterocycles. The van der Waals surface area contributed by atoms with Crippen LogP contribution in [0.5, 0.6) is 0 Å². The van der Waals surface area contributed by atoms with Crippen LogP contribution in [0, 0.1) is 0 Å². The molecule has 7 heteroatoms. The van der Waals surface area contributed by atoms with Crippen molar-refractivity contribution in [3.05, 3.63) is 0 Å². The molecule has 0 aromatic rings. The van der Waals surface area contributed by atoms with Crippen LogP contribution in [0.4, 0.5) is 13.2 Å². The number of likely N-dealkylation sites (tertiary alicyclic amines) is 1. The van der Waals surface area contributed by atoms with Gasteiger partial charge in [0.2, 0.25) is 5.91 Å². The summed E-state index contributed by atoms with van der Waals surface area (Å²) in [4.78, 5) is 13.3. The summed E-state index contributed by atoms with van der Waals surface area (Å²) in [5.41, 5.74) is -0.986. The van der Waals surface area contributed by atoms with Crippen molar-refractivity contribution >= 4 is 5.91 Å².